The van der Waals surface area contributed by atoms with E-state index in [1.54, 1.807) is 0 Å². The Morgan fingerprint density at radius 1 is 1.12 bits per heavy atom. The number of ether oxygens (including phenoxy) is 1. The molecule has 3 aliphatic heterocycles. The van der Waals surface area contributed by atoms with E-state index in [-0.39, 0.29) is 11.5 Å². The minimum absolute atomic E-state index is 0.0435. The molecule has 1 aromatic carbocycles. The fourth-order valence-corrected chi connectivity index (χ4v) is 5.97. The van der Waals surface area contributed by atoms with Gasteiger partial charge in [0.1, 0.15) is 0 Å². The van der Waals surface area contributed by atoms with Crippen molar-refractivity contribution < 1.29 is 9.53 Å². The number of amides is 1. The number of piperazine rings is 1. The first-order valence-corrected chi connectivity index (χ1v) is 12.5. The Balaban J connectivity index is 1.16. The molecule has 0 bridgehead atoms. The summed E-state index contributed by atoms with van der Waals surface area (Å²) in [6.07, 6.45) is 6.09. The monoisotopic (exact) mass is 438 g/mol. The van der Waals surface area contributed by atoms with Gasteiger partial charge in [0, 0.05) is 75.7 Å². The van der Waals surface area contributed by atoms with Gasteiger partial charge in [-0.15, -0.1) is 0 Å². The Morgan fingerprint density at radius 3 is 2.66 bits per heavy atom. The first kappa shape index (κ1) is 21.9. The first-order valence-electron chi connectivity index (χ1n) is 12.5. The second kappa shape index (κ2) is 9.16. The fourth-order valence-electron chi connectivity index (χ4n) is 5.97. The van der Waals surface area contributed by atoms with E-state index in [1.165, 1.54) is 32.7 Å². The van der Waals surface area contributed by atoms with Crippen molar-refractivity contribution in [3.8, 4) is 0 Å². The Hall–Kier alpha value is -1.89. The third-order valence-electron chi connectivity index (χ3n) is 7.78. The molecule has 3 aliphatic rings. The lowest BCUT2D eigenvalue weighted by Gasteiger charge is -2.49. The Morgan fingerprint density at radius 2 is 1.91 bits per heavy atom. The zero-order valence-electron chi connectivity index (χ0n) is 19.7. The van der Waals surface area contributed by atoms with Crippen LogP contribution in [0.25, 0.3) is 10.9 Å². The molecule has 1 amide bonds. The van der Waals surface area contributed by atoms with Crippen molar-refractivity contribution >= 4 is 16.8 Å². The number of fused-ring (bicyclic) bond motifs is 1. The molecule has 5 rings (SSSR count). The highest BCUT2D eigenvalue weighted by Crippen LogP contribution is 2.37. The number of hydrogen-bond donors (Lipinski definition) is 1. The SMILES string of the molecule is CC(C)CN1CCN([C@H]2CCOC3(CCN(C(=O)c4ccc5cc[nH]c5c4)CC3)C2)CC1. The van der Waals surface area contributed by atoms with Crippen LogP contribution < -0.4 is 0 Å². The molecule has 1 spiro atoms. The van der Waals surface area contributed by atoms with Gasteiger partial charge in [-0.2, -0.15) is 0 Å². The second-order valence-corrected chi connectivity index (χ2v) is 10.5. The summed E-state index contributed by atoms with van der Waals surface area (Å²) in [6, 6.07) is 8.63. The average Bonchev–Trinajstić information content (AvgIpc) is 3.27. The summed E-state index contributed by atoms with van der Waals surface area (Å²) in [5.41, 5.74) is 1.76. The van der Waals surface area contributed by atoms with E-state index >= 15 is 0 Å². The fraction of sp³-hybridized carbons (Fsp3) is 0.654. The number of carbonyl (C=O) groups is 1. The Bertz CT molecular complexity index is 923. The van der Waals surface area contributed by atoms with Crippen LogP contribution in [0, 0.1) is 5.92 Å². The van der Waals surface area contributed by atoms with Gasteiger partial charge < -0.3 is 19.5 Å². The molecule has 0 aliphatic carbocycles. The van der Waals surface area contributed by atoms with Gasteiger partial charge in [0.2, 0.25) is 0 Å². The number of carbonyl (C=O) groups excluding carboxylic acids is 1. The first-order chi connectivity index (χ1) is 15.5. The number of hydrogen-bond acceptors (Lipinski definition) is 4. The average molecular weight is 439 g/mol. The molecule has 1 atom stereocenters. The van der Waals surface area contributed by atoms with Gasteiger partial charge in [0.05, 0.1) is 5.60 Å². The second-order valence-electron chi connectivity index (χ2n) is 10.5. The maximum Gasteiger partial charge on any atom is 0.253 e. The summed E-state index contributed by atoms with van der Waals surface area (Å²) in [6.45, 7) is 13.0. The van der Waals surface area contributed by atoms with E-state index < -0.39 is 0 Å². The predicted molar refractivity (Wildman–Crippen MR) is 128 cm³/mol. The summed E-state index contributed by atoms with van der Waals surface area (Å²) in [5, 5.41) is 1.14. The summed E-state index contributed by atoms with van der Waals surface area (Å²) >= 11 is 0. The van der Waals surface area contributed by atoms with Crippen molar-refractivity contribution in [3.63, 3.8) is 0 Å². The highest BCUT2D eigenvalue weighted by Gasteiger charge is 2.43. The van der Waals surface area contributed by atoms with Crippen LogP contribution in [-0.4, -0.2) is 89.7 Å². The lowest BCUT2D eigenvalue weighted by Crippen LogP contribution is -2.57. The van der Waals surface area contributed by atoms with Crippen LogP contribution in [0.1, 0.15) is 49.9 Å². The topological polar surface area (TPSA) is 51.8 Å². The number of nitrogens with zero attached hydrogens (tertiary/aromatic N) is 3. The van der Waals surface area contributed by atoms with Crippen LogP contribution in [0.4, 0.5) is 0 Å². The third-order valence-corrected chi connectivity index (χ3v) is 7.78. The van der Waals surface area contributed by atoms with E-state index in [4.69, 9.17) is 4.74 Å². The summed E-state index contributed by atoms with van der Waals surface area (Å²) in [5.74, 6) is 0.885. The van der Waals surface area contributed by atoms with Gasteiger partial charge in [0.25, 0.3) is 5.91 Å². The van der Waals surface area contributed by atoms with Crippen LogP contribution >= 0.6 is 0 Å². The zero-order chi connectivity index (χ0) is 22.1. The number of piperidine rings is 1. The number of likely N-dealkylation sites (tertiary alicyclic amines) is 1. The molecule has 2 aromatic rings. The zero-order valence-corrected chi connectivity index (χ0v) is 19.7. The third kappa shape index (κ3) is 4.59. The highest BCUT2D eigenvalue weighted by atomic mass is 16.5. The highest BCUT2D eigenvalue weighted by molar-refractivity contribution is 5.98. The van der Waals surface area contributed by atoms with E-state index in [0.717, 1.165) is 67.8 Å². The van der Waals surface area contributed by atoms with E-state index in [2.05, 4.69) is 28.6 Å². The van der Waals surface area contributed by atoms with Gasteiger partial charge in [-0.05, 0) is 55.2 Å². The van der Waals surface area contributed by atoms with Gasteiger partial charge in [-0.3, -0.25) is 9.69 Å². The maximum atomic E-state index is 13.1. The number of nitrogens with one attached hydrogen (secondary N) is 1. The van der Waals surface area contributed by atoms with Crippen molar-refractivity contribution in [2.24, 2.45) is 5.92 Å². The summed E-state index contributed by atoms with van der Waals surface area (Å²) in [4.78, 5) is 23.7. The number of aromatic amines is 1. The predicted octanol–water partition coefficient (Wildman–Crippen LogP) is 3.60. The van der Waals surface area contributed by atoms with Crippen molar-refractivity contribution in [2.75, 3.05) is 52.4 Å². The smallest absolute Gasteiger partial charge is 0.253 e. The number of H-pyrrole nitrogens is 1. The number of benzene rings is 1. The van der Waals surface area contributed by atoms with E-state index in [1.807, 2.05) is 35.4 Å². The molecule has 4 heterocycles. The van der Waals surface area contributed by atoms with Crippen LogP contribution in [0.15, 0.2) is 30.5 Å². The number of rotatable bonds is 4. The number of aromatic nitrogens is 1. The molecular formula is C26H38N4O2. The molecule has 1 N–H and O–H groups in total. The molecule has 0 radical (unpaired) electrons. The minimum atomic E-state index is -0.0435. The van der Waals surface area contributed by atoms with Gasteiger partial charge in [0.15, 0.2) is 0 Å². The van der Waals surface area contributed by atoms with Gasteiger partial charge in [-0.1, -0.05) is 19.9 Å². The van der Waals surface area contributed by atoms with Crippen molar-refractivity contribution in [1.82, 2.24) is 19.7 Å². The van der Waals surface area contributed by atoms with Crippen molar-refractivity contribution in [1.29, 1.82) is 0 Å². The van der Waals surface area contributed by atoms with E-state index in [9.17, 15) is 4.79 Å². The Kier molecular flexibility index (Phi) is 6.28. The van der Waals surface area contributed by atoms with Crippen LogP contribution in [0.2, 0.25) is 0 Å². The normalized spacial score (nSPS) is 25.1. The summed E-state index contributed by atoms with van der Waals surface area (Å²) in [7, 11) is 0. The van der Waals surface area contributed by atoms with Crippen molar-refractivity contribution in [2.45, 2.75) is 51.2 Å². The lowest BCUT2D eigenvalue weighted by atomic mass is 9.81. The largest absolute Gasteiger partial charge is 0.375 e. The molecule has 1 aromatic heterocycles. The summed E-state index contributed by atoms with van der Waals surface area (Å²) < 4.78 is 6.40. The quantitative estimate of drug-likeness (QED) is 0.793. The van der Waals surface area contributed by atoms with Crippen LogP contribution in [0.5, 0.6) is 0 Å². The van der Waals surface area contributed by atoms with Crippen LogP contribution in [-0.2, 0) is 4.74 Å². The lowest BCUT2D eigenvalue weighted by molar-refractivity contribution is -0.132. The molecular weight excluding hydrogens is 400 g/mol. The minimum Gasteiger partial charge on any atom is -0.375 e. The maximum absolute atomic E-state index is 13.1. The molecule has 3 fully saturated rings. The molecule has 6 nitrogen and oxygen atoms in total. The molecule has 6 heteroatoms. The van der Waals surface area contributed by atoms with Crippen molar-refractivity contribution in [3.05, 3.63) is 36.0 Å². The van der Waals surface area contributed by atoms with E-state index in [0.29, 0.717) is 6.04 Å². The molecule has 3 saturated heterocycles. The van der Waals surface area contributed by atoms with Crippen LogP contribution in [0.3, 0.4) is 0 Å². The molecule has 0 saturated carbocycles. The molecule has 174 valence electrons. The molecule has 0 unspecified atom stereocenters. The van der Waals surface area contributed by atoms with Gasteiger partial charge in [-0.25, -0.2) is 0 Å². The Labute approximate surface area is 191 Å². The van der Waals surface area contributed by atoms with Gasteiger partial charge >= 0.3 is 0 Å². The standard InChI is InChI=1S/C26H38N4O2/c1-20(2)19-28-12-14-29(15-13-28)23-6-16-32-26(18-23)7-10-30(11-8-26)25(31)22-4-3-21-5-9-27-24(21)17-22/h3-5,9,17,20,23,27H,6-8,10-16,18-19H2,1-2H3/t23-/m0/s1. The molecule has 32 heavy (non-hydrogen) atoms.